The van der Waals surface area contributed by atoms with Gasteiger partial charge in [-0.05, 0) is 80.1 Å². The van der Waals surface area contributed by atoms with E-state index in [4.69, 9.17) is 4.74 Å². The molecule has 0 aliphatic carbocycles. The van der Waals surface area contributed by atoms with Crippen molar-refractivity contribution in [2.45, 2.75) is 61.3 Å². The minimum absolute atomic E-state index is 0.103. The van der Waals surface area contributed by atoms with E-state index >= 15 is 0 Å². The number of hydrogen-bond donors (Lipinski definition) is 0. The second-order valence-electron chi connectivity index (χ2n) is 14.6. The second-order valence-corrected chi connectivity index (χ2v) is 14.6. The van der Waals surface area contributed by atoms with Crippen molar-refractivity contribution in [1.29, 1.82) is 0 Å². The molecule has 0 amide bonds. The fraction of sp³-hybridized carbons (Fsp3) is 0.308. The van der Waals surface area contributed by atoms with Crippen molar-refractivity contribution < 1.29 is 9.30 Å². The van der Waals surface area contributed by atoms with Crippen molar-refractivity contribution in [3.63, 3.8) is 0 Å². The van der Waals surface area contributed by atoms with E-state index in [1.807, 2.05) is 0 Å². The Morgan fingerprint density at radius 3 is 2.17 bits per heavy atom. The van der Waals surface area contributed by atoms with E-state index < -0.39 is 0 Å². The number of aromatic nitrogens is 1. The normalized spacial score (nSPS) is 13.3. The Kier molecular flexibility index (Phi) is 5.58. The van der Waals surface area contributed by atoms with Crippen LogP contribution in [0.2, 0.25) is 0 Å². The SMILES string of the molecule is Cc1c2c(c(CC(C)(C)C)c3ccc4ccccc4c13)Oc1cc3ccc(CC(C)(C)C)cc3c3cc[n+](C)c-2c13. The van der Waals surface area contributed by atoms with E-state index in [2.05, 4.69) is 133 Å². The van der Waals surface area contributed by atoms with Gasteiger partial charge in [-0.25, -0.2) is 4.57 Å². The summed E-state index contributed by atoms with van der Waals surface area (Å²) in [5.41, 5.74) is 6.81. The van der Waals surface area contributed by atoms with Gasteiger partial charge in [-0.1, -0.05) is 96.1 Å². The number of benzene rings is 5. The van der Waals surface area contributed by atoms with Gasteiger partial charge in [-0.3, -0.25) is 0 Å². The van der Waals surface area contributed by atoms with Crippen molar-refractivity contribution >= 4 is 43.1 Å². The molecule has 0 radical (unpaired) electrons. The standard InChI is InChI=1S/C39H40NO/c1-23-33-27-12-10-9-11-25(27)15-16-28(33)31(22-39(5,6)7)37-34(23)36-35-29(17-18-40(36)8)30-19-24(21-38(2,3)4)13-14-26(30)20-32(35)41-37/h9-20H,21-22H2,1-8H3/q+1. The highest BCUT2D eigenvalue weighted by molar-refractivity contribution is 6.18. The van der Waals surface area contributed by atoms with Crippen LogP contribution >= 0.6 is 0 Å². The molecule has 206 valence electrons. The Bertz CT molecular complexity index is 2050. The minimum Gasteiger partial charge on any atom is -0.455 e. The molecule has 0 atom stereocenters. The molecule has 2 nitrogen and oxygen atoms in total. The highest BCUT2D eigenvalue weighted by atomic mass is 16.5. The summed E-state index contributed by atoms with van der Waals surface area (Å²) >= 11 is 0. The molecule has 2 heteroatoms. The van der Waals surface area contributed by atoms with Crippen LogP contribution in [-0.2, 0) is 19.9 Å². The zero-order valence-electron chi connectivity index (χ0n) is 25.7. The van der Waals surface area contributed by atoms with Crippen molar-refractivity contribution in [2.75, 3.05) is 0 Å². The maximum atomic E-state index is 7.09. The van der Waals surface area contributed by atoms with E-state index in [9.17, 15) is 0 Å². The van der Waals surface area contributed by atoms with Gasteiger partial charge in [0.05, 0.1) is 10.9 Å². The molecule has 6 aromatic rings. The third-order valence-corrected chi connectivity index (χ3v) is 8.66. The topological polar surface area (TPSA) is 13.1 Å². The van der Waals surface area contributed by atoms with Crippen LogP contribution < -0.4 is 9.30 Å². The van der Waals surface area contributed by atoms with Crippen molar-refractivity contribution in [2.24, 2.45) is 17.9 Å². The van der Waals surface area contributed by atoms with Crippen molar-refractivity contribution in [1.82, 2.24) is 0 Å². The summed E-state index contributed by atoms with van der Waals surface area (Å²) in [6, 6.07) is 24.9. The average molecular weight is 539 g/mol. The van der Waals surface area contributed by atoms with Gasteiger partial charge in [0.15, 0.2) is 6.20 Å². The number of fused-ring (bicyclic) bond motifs is 7. The smallest absolute Gasteiger partial charge is 0.228 e. The highest BCUT2D eigenvalue weighted by Gasteiger charge is 2.34. The van der Waals surface area contributed by atoms with Crippen LogP contribution in [0.4, 0.5) is 0 Å². The average Bonchev–Trinajstić information content (AvgIpc) is 2.90. The molecule has 7 rings (SSSR count). The van der Waals surface area contributed by atoms with Gasteiger partial charge >= 0.3 is 0 Å². The van der Waals surface area contributed by atoms with E-state index in [-0.39, 0.29) is 10.8 Å². The molecule has 0 saturated heterocycles. The lowest BCUT2D eigenvalue weighted by Gasteiger charge is -2.28. The summed E-state index contributed by atoms with van der Waals surface area (Å²) < 4.78 is 9.40. The summed E-state index contributed by atoms with van der Waals surface area (Å²) in [7, 11) is 2.18. The third kappa shape index (κ3) is 4.19. The molecule has 5 aromatic carbocycles. The molecular weight excluding hydrogens is 498 g/mol. The summed E-state index contributed by atoms with van der Waals surface area (Å²) in [5, 5.41) is 10.3. The highest BCUT2D eigenvalue weighted by Crippen LogP contribution is 2.53. The Hall–Kier alpha value is -3.91. The summed E-state index contributed by atoms with van der Waals surface area (Å²) in [6.45, 7) is 16.2. The lowest BCUT2D eigenvalue weighted by atomic mass is 9.80. The number of pyridine rings is 1. The van der Waals surface area contributed by atoms with Gasteiger partial charge in [0.2, 0.25) is 5.69 Å². The fourth-order valence-corrected chi connectivity index (χ4v) is 7.11. The van der Waals surface area contributed by atoms with Crippen LogP contribution in [0.25, 0.3) is 54.3 Å². The van der Waals surface area contributed by atoms with Gasteiger partial charge in [0.25, 0.3) is 0 Å². The first-order valence-electron chi connectivity index (χ1n) is 14.9. The summed E-state index contributed by atoms with van der Waals surface area (Å²) in [4.78, 5) is 0. The van der Waals surface area contributed by atoms with E-state index in [1.165, 1.54) is 71.0 Å². The monoisotopic (exact) mass is 538 g/mol. The lowest BCUT2D eigenvalue weighted by Crippen LogP contribution is -2.32. The maximum absolute atomic E-state index is 7.09. The first-order valence-corrected chi connectivity index (χ1v) is 14.9. The van der Waals surface area contributed by atoms with Crippen LogP contribution in [0.15, 0.2) is 72.9 Å². The number of ether oxygens (including phenoxy) is 1. The molecule has 1 aliphatic rings. The zero-order valence-corrected chi connectivity index (χ0v) is 25.7. The lowest BCUT2D eigenvalue weighted by molar-refractivity contribution is -0.659. The molecule has 0 unspecified atom stereocenters. The van der Waals surface area contributed by atoms with Crippen LogP contribution in [-0.4, -0.2) is 0 Å². The van der Waals surface area contributed by atoms with Crippen LogP contribution in [0.1, 0.15) is 58.2 Å². The maximum Gasteiger partial charge on any atom is 0.228 e. The zero-order chi connectivity index (χ0) is 28.8. The third-order valence-electron chi connectivity index (χ3n) is 8.66. The molecule has 0 spiro atoms. The first-order chi connectivity index (χ1) is 19.4. The Balaban J connectivity index is 1.63. The first kappa shape index (κ1) is 26.0. The summed E-state index contributed by atoms with van der Waals surface area (Å²) in [5.74, 6) is 1.99. The molecule has 41 heavy (non-hydrogen) atoms. The molecule has 1 aromatic heterocycles. The number of nitrogens with zero attached hydrogens (tertiary/aromatic N) is 1. The Labute approximate surface area is 243 Å². The largest absolute Gasteiger partial charge is 0.455 e. The minimum atomic E-state index is 0.103. The Morgan fingerprint density at radius 1 is 0.683 bits per heavy atom. The molecule has 2 heterocycles. The van der Waals surface area contributed by atoms with Gasteiger partial charge in [0, 0.05) is 17.0 Å². The predicted molar refractivity (Wildman–Crippen MR) is 174 cm³/mol. The van der Waals surface area contributed by atoms with Gasteiger partial charge in [0.1, 0.15) is 18.5 Å². The molecule has 0 saturated carbocycles. The molecule has 0 bridgehead atoms. The van der Waals surface area contributed by atoms with E-state index in [1.54, 1.807) is 0 Å². The molecule has 0 fully saturated rings. The van der Waals surface area contributed by atoms with E-state index in [0.29, 0.717) is 0 Å². The summed E-state index contributed by atoms with van der Waals surface area (Å²) in [6.07, 6.45) is 4.22. The second kappa shape index (κ2) is 8.79. The van der Waals surface area contributed by atoms with Gasteiger partial charge in [-0.2, -0.15) is 0 Å². The van der Waals surface area contributed by atoms with Crippen LogP contribution in [0, 0.1) is 17.8 Å². The number of aryl methyl sites for hydroxylation is 2. The fourth-order valence-electron chi connectivity index (χ4n) is 7.11. The molecule has 1 aliphatic heterocycles. The van der Waals surface area contributed by atoms with Crippen molar-refractivity contribution in [3.05, 3.63) is 89.6 Å². The molecule has 0 N–H and O–H groups in total. The quantitative estimate of drug-likeness (QED) is 0.158. The van der Waals surface area contributed by atoms with Gasteiger partial charge < -0.3 is 4.74 Å². The van der Waals surface area contributed by atoms with Crippen LogP contribution in [0.3, 0.4) is 0 Å². The molecular formula is C39H40NO+. The Morgan fingerprint density at radius 2 is 1.41 bits per heavy atom. The van der Waals surface area contributed by atoms with Crippen molar-refractivity contribution in [3.8, 4) is 22.8 Å². The van der Waals surface area contributed by atoms with Gasteiger partial charge in [-0.15, -0.1) is 0 Å². The number of rotatable bonds is 2. The van der Waals surface area contributed by atoms with E-state index in [0.717, 1.165) is 24.3 Å². The predicted octanol–water partition coefficient (Wildman–Crippen LogP) is 10.4. The van der Waals surface area contributed by atoms with Crippen LogP contribution in [0.5, 0.6) is 11.5 Å². The number of hydrogen-bond acceptors (Lipinski definition) is 1.